The monoisotopic (exact) mass is 347 g/mol. The zero-order valence-electron chi connectivity index (χ0n) is 13.3. The van der Waals surface area contributed by atoms with Gasteiger partial charge in [-0.15, -0.1) is 23.5 Å². The van der Waals surface area contributed by atoms with Gasteiger partial charge in [0.05, 0.1) is 12.4 Å². The van der Waals surface area contributed by atoms with Crippen molar-refractivity contribution in [1.82, 2.24) is 5.32 Å². The Balaban J connectivity index is 1.69. The largest absolute Gasteiger partial charge is 0.497 e. The lowest BCUT2D eigenvalue weighted by Crippen LogP contribution is -2.32. The number of ether oxygens (including phenoxy) is 1. The van der Waals surface area contributed by atoms with Crippen LogP contribution in [0.2, 0.25) is 0 Å². The third kappa shape index (κ3) is 6.20. The first-order valence-corrected chi connectivity index (χ1v) is 9.32. The van der Waals surface area contributed by atoms with Crippen LogP contribution in [-0.4, -0.2) is 30.6 Å². The number of hydrogen-bond donors (Lipinski definition) is 1. The minimum Gasteiger partial charge on any atom is -0.497 e. The fourth-order valence-corrected chi connectivity index (χ4v) is 3.60. The Bertz CT molecular complexity index is 602. The summed E-state index contributed by atoms with van der Waals surface area (Å²) in [4.78, 5) is 14.4. The first-order valence-electron chi connectivity index (χ1n) is 7.45. The van der Waals surface area contributed by atoms with Crippen molar-refractivity contribution >= 4 is 29.4 Å². The number of hydrogen-bond acceptors (Lipinski definition) is 4. The molecule has 122 valence electrons. The molecule has 0 bridgehead atoms. The van der Waals surface area contributed by atoms with E-state index in [9.17, 15) is 4.79 Å². The fourth-order valence-electron chi connectivity index (χ4n) is 1.92. The van der Waals surface area contributed by atoms with Crippen LogP contribution in [0.5, 0.6) is 5.75 Å². The van der Waals surface area contributed by atoms with Gasteiger partial charge in [0.2, 0.25) is 5.91 Å². The van der Waals surface area contributed by atoms with E-state index in [2.05, 4.69) is 17.4 Å². The molecule has 23 heavy (non-hydrogen) atoms. The lowest BCUT2D eigenvalue weighted by Gasteiger charge is -2.12. The van der Waals surface area contributed by atoms with Crippen LogP contribution in [-0.2, 0) is 4.79 Å². The minimum atomic E-state index is -0.120. The van der Waals surface area contributed by atoms with Gasteiger partial charge in [-0.1, -0.05) is 18.2 Å². The maximum absolute atomic E-state index is 12.1. The first kappa shape index (κ1) is 17.8. The molecule has 0 aliphatic rings. The van der Waals surface area contributed by atoms with Crippen LogP contribution >= 0.6 is 23.5 Å². The Morgan fingerprint density at radius 3 is 2.43 bits per heavy atom. The predicted molar refractivity (Wildman–Crippen MR) is 98.5 cm³/mol. The molecule has 3 nitrogen and oxygen atoms in total. The van der Waals surface area contributed by atoms with E-state index in [1.807, 2.05) is 49.4 Å². The zero-order chi connectivity index (χ0) is 16.5. The normalized spacial score (nSPS) is 11.7. The van der Waals surface area contributed by atoms with E-state index < -0.39 is 0 Å². The van der Waals surface area contributed by atoms with E-state index in [1.54, 1.807) is 30.6 Å². The molecule has 0 fully saturated rings. The summed E-state index contributed by atoms with van der Waals surface area (Å²) in [6.45, 7) is 2.60. The first-order chi connectivity index (χ1) is 11.2. The van der Waals surface area contributed by atoms with Gasteiger partial charge in [0, 0.05) is 22.1 Å². The lowest BCUT2D eigenvalue weighted by molar-refractivity contribution is -0.120. The van der Waals surface area contributed by atoms with Gasteiger partial charge in [-0.05, 0) is 43.3 Å². The van der Waals surface area contributed by atoms with Gasteiger partial charge in [-0.25, -0.2) is 0 Å². The molecule has 1 amide bonds. The van der Waals surface area contributed by atoms with Crippen molar-refractivity contribution in [2.75, 3.05) is 19.4 Å². The summed E-state index contributed by atoms with van der Waals surface area (Å²) < 4.78 is 5.13. The minimum absolute atomic E-state index is 0.0690. The van der Waals surface area contributed by atoms with Crippen molar-refractivity contribution in [3.05, 3.63) is 54.6 Å². The molecular formula is C18H21NO2S2. The van der Waals surface area contributed by atoms with Gasteiger partial charge in [-0.3, -0.25) is 4.79 Å². The molecule has 0 saturated heterocycles. The van der Waals surface area contributed by atoms with Crippen LogP contribution in [0, 0.1) is 0 Å². The van der Waals surface area contributed by atoms with Crippen molar-refractivity contribution < 1.29 is 9.53 Å². The van der Waals surface area contributed by atoms with E-state index in [1.165, 1.54) is 4.90 Å². The van der Waals surface area contributed by atoms with E-state index in [0.29, 0.717) is 6.54 Å². The third-order valence-corrected chi connectivity index (χ3v) is 5.28. The molecule has 1 atom stereocenters. The average molecular weight is 348 g/mol. The number of carbonyl (C=O) groups excluding carboxylic acids is 1. The molecule has 0 aromatic heterocycles. The molecule has 0 radical (unpaired) electrons. The number of amides is 1. The second kappa shape index (κ2) is 9.53. The van der Waals surface area contributed by atoms with Crippen LogP contribution in [0.15, 0.2) is 64.4 Å². The van der Waals surface area contributed by atoms with Gasteiger partial charge < -0.3 is 10.1 Å². The number of thioether (sulfide) groups is 2. The second-order valence-corrected chi connectivity index (χ2v) is 7.47. The fraction of sp³-hybridized carbons (Fsp3) is 0.278. The van der Waals surface area contributed by atoms with Crippen molar-refractivity contribution in [1.29, 1.82) is 0 Å². The molecule has 0 spiro atoms. The smallest absolute Gasteiger partial charge is 0.233 e. The SMILES string of the molecule is COc1ccc(S[C@@H](C)C(=O)NCCSc2ccccc2)cc1. The molecule has 0 saturated carbocycles. The Hall–Kier alpha value is -1.59. The van der Waals surface area contributed by atoms with Gasteiger partial charge in [0.15, 0.2) is 0 Å². The van der Waals surface area contributed by atoms with E-state index in [4.69, 9.17) is 4.74 Å². The molecular weight excluding hydrogens is 326 g/mol. The standard InChI is InChI=1S/C18H21NO2S2/c1-14(23-17-10-8-15(21-2)9-11-17)18(20)19-12-13-22-16-6-4-3-5-7-16/h3-11,14H,12-13H2,1-2H3,(H,19,20)/t14-/m0/s1. The summed E-state index contributed by atoms with van der Waals surface area (Å²) in [7, 11) is 1.64. The van der Waals surface area contributed by atoms with Gasteiger partial charge in [0.1, 0.15) is 5.75 Å². The quantitative estimate of drug-likeness (QED) is 0.577. The highest BCUT2D eigenvalue weighted by Crippen LogP contribution is 2.25. The summed E-state index contributed by atoms with van der Waals surface area (Å²) in [6.07, 6.45) is 0. The molecule has 1 N–H and O–H groups in total. The Morgan fingerprint density at radius 2 is 1.78 bits per heavy atom. The summed E-state index contributed by atoms with van der Waals surface area (Å²) in [5.41, 5.74) is 0. The molecule has 0 unspecified atom stereocenters. The topological polar surface area (TPSA) is 38.3 Å². The highest BCUT2D eigenvalue weighted by molar-refractivity contribution is 8.00. The lowest BCUT2D eigenvalue weighted by atomic mass is 10.3. The second-order valence-electron chi connectivity index (χ2n) is 4.89. The van der Waals surface area contributed by atoms with Crippen LogP contribution in [0.25, 0.3) is 0 Å². The molecule has 2 rings (SSSR count). The molecule has 5 heteroatoms. The number of carbonyl (C=O) groups is 1. The number of rotatable bonds is 8. The third-order valence-electron chi connectivity index (χ3n) is 3.15. The van der Waals surface area contributed by atoms with E-state index in [-0.39, 0.29) is 11.2 Å². The van der Waals surface area contributed by atoms with E-state index in [0.717, 1.165) is 16.4 Å². The summed E-state index contributed by atoms with van der Waals surface area (Å²) >= 11 is 3.30. The van der Waals surface area contributed by atoms with Crippen LogP contribution < -0.4 is 10.1 Å². The maximum Gasteiger partial charge on any atom is 0.233 e. The average Bonchev–Trinajstić information content (AvgIpc) is 2.60. The summed E-state index contributed by atoms with van der Waals surface area (Å²) in [5.74, 6) is 1.76. The summed E-state index contributed by atoms with van der Waals surface area (Å²) in [6, 6.07) is 18.0. The molecule has 0 aliphatic heterocycles. The maximum atomic E-state index is 12.1. The van der Waals surface area contributed by atoms with Gasteiger partial charge in [0.25, 0.3) is 0 Å². The number of nitrogens with one attached hydrogen (secondary N) is 1. The molecule has 0 aliphatic carbocycles. The number of methoxy groups -OCH3 is 1. The highest BCUT2D eigenvalue weighted by Gasteiger charge is 2.13. The molecule has 0 heterocycles. The van der Waals surface area contributed by atoms with Crippen molar-refractivity contribution in [3.63, 3.8) is 0 Å². The highest BCUT2D eigenvalue weighted by atomic mass is 32.2. The molecule has 2 aromatic rings. The van der Waals surface area contributed by atoms with Crippen molar-refractivity contribution in [2.24, 2.45) is 0 Å². The van der Waals surface area contributed by atoms with Gasteiger partial charge in [-0.2, -0.15) is 0 Å². The van der Waals surface area contributed by atoms with Gasteiger partial charge >= 0.3 is 0 Å². The Labute approximate surface area is 146 Å². The Kier molecular flexibility index (Phi) is 7.36. The predicted octanol–water partition coefficient (Wildman–Crippen LogP) is 4.08. The summed E-state index contributed by atoms with van der Waals surface area (Å²) in [5, 5.41) is 2.87. The van der Waals surface area contributed by atoms with E-state index >= 15 is 0 Å². The van der Waals surface area contributed by atoms with Crippen molar-refractivity contribution in [2.45, 2.75) is 22.0 Å². The Morgan fingerprint density at radius 1 is 1.09 bits per heavy atom. The number of benzene rings is 2. The van der Waals surface area contributed by atoms with Crippen LogP contribution in [0.3, 0.4) is 0 Å². The molecule has 2 aromatic carbocycles. The zero-order valence-corrected chi connectivity index (χ0v) is 15.0. The van der Waals surface area contributed by atoms with Crippen LogP contribution in [0.1, 0.15) is 6.92 Å². The van der Waals surface area contributed by atoms with Crippen LogP contribution in [0.4, 0.5) is 0 Å². The van der Waals surface area contributed by atoms with Crippen molar-refractivity contribution in [3.8, 4) is 5.75 Å².